The predicted molar refractivity (Wildman–Crippen MR) is 62.1 cm³/mol. The molecule has 0 fully saturated rings. The molecule has 5 nitrogen and oxygen atoms in total. The summed E-state index contributed by atoms with van der Waals surface area (Å²) >= 11 is 0. The van der Waals surface area contributed by atoms with Crippen LogP contribution < -0.4 is 10.6 Å². The SMILES string of the molecule is CC(C)NC(=O)C(C)NC(C(=O)O)C(C)C. The van der Waals surface area contributed by atoms with E-state index in [1.807, 2.05) is 13.8 Å². The Morgan fingerprint density at radius 3 is 1.88 bits per heavy atom. The van der Waals surface area contributed by atoms with E-state index in [-0.39, 0.29) is 17.9 Å². The predicted octanol–water partition coefficient (Wildman–Crippen LogP) is 0.598. The van der Waals surface area contributed by atoms with Crippen molar-refractivity contribution in [1.29, 1.82) is 0 Å². The van der Waals surface area contributed by atoms with Gasteiger partial charge in [0, 0.05) is 6.04 Å². The maximum Gasteiger partial charge on any atom is 0.320 e. The van der Waals surface area contributed by atoms with Crippen LogP contribution in [0.25, 0.3) is 0 Å². The first-order valence-corrected chi connectivity index (χ1v) is 5.55. The minimum atomic E-state index is -0.931. The summed E-state index contributed by atoms with van der Waals surface area (Å²) < 4.78 is 0. The molecule has 16 heavy (non-hydrogen) atoms. The highest BCUT2D eigenvalue weighted by atomic mass is 16.4. The number of carbonyl (C=O) groups excluding carboxylic acids is 1. The quantitative estimate of drug-likeness (QED) is 0.624. The zero-order valence-corrected chi connectivity index (χ0v) is 10.6. The van der Waals surface area contributed by atoms with Gasteiger partial charge in [0.05, 0.1) is 6.04 Å². The zero-order chi connectivity index (χ0) is 12.9. The zero-order valence-electron chi connectivity index (χ0n) is 10.6. The third-order valence-corrected chi connectivity index (χ3v) is 2.19. The van der Waals surface area contributed by atoms with E-state index in [9.17, 15) is 9.59 Å². The van der Waals surface area contributed by atoms with Crippen LogP contribution in [-0.2, 0) is 9.59 Å². The fraction of sp³-hybridized carbons (Fsp3) is 0.818. The Hall–Kier alpha value is -1.10. The van der Waals surface area contributed by atoms with Crippen LogP contribution in [0, 0.1) is 5.92 Å². The number of hydrogen-bond acceptors (Lipinski definition) is 3. The van der Waals surface area contributed by atoms with Crippen LogP contribution in [-0.4, -0.2) is 35.1 Å². The molecule has 2 unspecified atom stereocenters. The van der Waals surface area contributed by atoms with Crippen molar-refractivity contribution in [3.8, 4) is 0 Å². The maximum absolute atomic E-state index is 11.6. The molecule has 1 amide bonds. The molecule has 3 N–H and O–H groups in total. The summed E-state index contributed by atoms with van der Waals surface area (Å²) in [5.74, 6) is -1.17. The molecule has 0 aromatic carbocycles. The van der Waals surface area contributed by atoms with Crippen LogP contribution in [0.15, 0.2) is 0 Å². The number of amides is 1. The van der Waals surface area contributed by atoms with Crippen LogP contribution in [0.5, 0.6) is 0 Å². The first-order chi connectivity index (χ1) is 7.25. The van der Waals surface area contributed by atoms with Crippen molar-refractivity contribution in [2.75, 3.05) is 0 Å². The Morgan fingerprint density at radius 2 is 1.56 bits per heavy atom. The molecule has 0 rings (SSSR count). The van der Waals surface area contributed by atoms with Crippen molar-refractivity contribution in [3.63, 3.8) is 0 Å². The van der Waals surface area contributed by atoms with E-state index in [2.05, 4.69) is 10.6 Å². The Morgan fingerprint density at radius 1 is 1.06 bits per heavy atom. The van der Waals surface area contributed by atoms with Gasteiger partial charge in [-0.3, -0.25) is 14.9 Å². The van der Waals surface area contributed by atoms with Gasteiger partial charge in [-0.1, -0.05) is 13.8 Å². The number of rotatable bonds is 6. The second-order valence-electron chi connectivity index (χ2n) is 4.61. The standard InChI is InChI=1S/C11H22N2O3/c1-6(2)9(11(15)16)13-8(5)10(14)12-7(3)4/h6-9,13H,1-5H3,(H,12,14)(H,15,16). The monoisotopic (exact) mass is 230 g/mol. The smallest absolute Gasteiger partial charge is 0.320 e. The summed E-state index contributed by atoms with van der Waals surface area (Å²) in [7, 11) is 0. The molecule has 0 bridgehead atoms. The molecule has 94 valence electrons. The van der Waals surface area contributed by atoms with E-state index >= 15 is 0 Å². The molecule has 0 saturated carbocycles. The summed E-state index contributed by atoms with van der Waals surface area (Å²) in [6.45, 7) is 9.00. The molecular weight excluding hydrogens is 208 g/mol. The van der Waals surface area contributed by atoms with Gasteiger partial charge in [0.1, 0.15) is 6.04 Å². The molecule has 0 aliphatic heterocycles. The highest BCUT2D eigenvalue weighted by Crippen LogP contribution is 2.03. The van der Waals surface area contributed by atoms with Gasteiger partial charge in [0.25, 0.3) is 0 Å². The lowest BCUT2D eigenvalue weighted by Gasteiger charge is -2.23. The van der Waals surface area contributed by atoms with Gasteiger partial charge in [-0.2, -0.15) is 0 Å². The van der Waals surface area contributed by atoms with Gasteiger partial charge in [-0.25, -0.2) is 0 Å². The largest absolute Gasteiger partial charge is 0.480 e. The van der Waals surface area contributed by atoms with Crippen molar-refractivity contribution in [1.82, 2.24) is 10.6 Å². The second kappa shape index (κ2) is 6.48. The number of carboxylic acid groups (broad SMARTS) is 1. The molecule has 0 saturated heterocycles. The summed E-state index contributed by atoms with van der Waals surface area (Å²) in [6.07, 6.45) is 0. The molecule has 0 radical (unpaired) electrons. The normalized spacial score (nSPS) is 14.9. The molecule has 5 heteroatoms. The summed E-state index contributed by atoms with van der Waals surface area (Å²) in [5.41, 5.74) is 0. The maximum atomic E-state index is 11.6. The minimum Gasteiger partial charge on any atom is -0.480 e. The third kappa shape index (κ3) is 5.11. The average molecular weight is 230 g/mol. The Labute approximate surface area is 96.6 Å². The van der Waals surface area contributed by atoms with Crippen LogP contribution in [0.3, 0.4) is 0 Å². The van der Waals surface area contributed by atoms with Crippen molar-refractivity contribution < 1.29 is 14.7 Å². The Bertz CT molecular complexity index is 252. The van der Waals surface area contributed by atoms with Crippen LogP contribution in [0.4, 0.5) is 0 Å². The summed E-state index contributed by atoms with van der Waals surface area (Å²) in [6, 6.07) is -1.15. The molecule has 2 atom stereocenters. The molecule has 0 heterocycles. The lowest BCUT2D eigenvalue weighted by atomic mass is 10.0. The number of hydrogen-bond donors (Lipinski definition) is 3. The molecule has 0 aromatic heterocycles. The van der Waals surface area contributed by atoms with Crippen LogP contribution >= 0.6 is 0 Å². The van der Waals surface area contributed by atoms with E-state index in [4.69, 9.17) is 5.11 Å². The fourth-order valence-electron chi connectivity index (χ4n) is 1.30. The molecule has 0 aliphatic rings. The molecule has 0 aliphatic carbocycles. The van der Waals surface area contributed by atoms with Crippen molar-refractivity contribution in [2.24, 2.45) is 5.92 Å². The lowest BCUT2D eigenvalue weighted by Crippen LogP contribution is -2.52. The third-order valence-electron chi connectivity index (χ3n) is 2.19. The Balaban J connectivity index is 4.35. The highest BCUT2D eigenvalue weighted by Gasteiger charge is 2.25. The fourth-order valence-corrected chi connectivity index (χ4v) is 1.30. The Kier molecular flexibility index (Phi) is 6.03. The number of carboxylic acids is 1. The van der Waals surface area contributed by atoms with E-state index in [0.29, 0.717) is 0 Å². The van der Waals surface area contributed by atoms with Gasteiger partial charge >= 0.3 is 5.97 Å². The topological polar surface area (TPSA) is 78.4 Å². The van der Waals surface area contributed by atoms with Gasteiger partial charge in [0.2, 0.25) is 5.91 Å². The lowest BCUT2D eigenvalue weighted by molar-refractivity contribution is -0.141. The molecule has 0 spiro atoms. The molecular formula is C11H22N2O3. The van der Waals surface area contributed by atoms with E-state index in [1.54, 1.807) is 20.8 Å². The highest BCUT2D eigenvalue weighted by molar-refractivity contribution is 5.83. The number of aliphatic carboxylic acids is 1. The summed E-state index contributed by atoms with van der Waals surface area (Å²) in [4.78, 5) is 22.5. The first kappa shape index (κ1) is 14.9. The van der Waals surface area contributed by atoms with Crippen molar-refractivity contribution >= 4 is 11.9 Å². The van der Waals surface area contributed by atoms with Crippen molar-refractivity contribution in [3.05, 3.63) is 0 Å². The van der Waals surface area contributed by atoms with Crippen molar-refractivity contribution in [2.45, 2.75) is 52.7 Å². The van der Waals surface area contributed by atoms with E-state index in [1.165, 1.54) is 0 Å². The summed E-state index contributed by atoms with van der Waals surface area (Å²) in [5, 5.41) is 14.5. The van der Waals surface area contributed by atoms with Gasteiger partial charge in [0.15, 0.2) is 0 Å². The van der Waals surface area contributed by atoms with Crippen LogP contribution in [0.1, 0.15) is 34.6 Å². The average Bonchev–Trinajstić information content (AvgIpc) is 2.11. The number of nitrogens with one attached hydrogen (secondary N) is 2. The first-order valence-electron chi connectivity index (χ1n) is 5.55. The van der Waals surface area contributed by atoms with Gasteiger partial charge < -0.3 is 10.4 Å². The van der Waals surface area contributed by atoms with E-state index in [0.717, 1.165) is 0 Å². The minimum absolute atomic E-state index is 0.0547. The van der Waals surface area contributed by atoms with Gasteiger partial charge in [-0.15, -0.1) is 0 Å². The second-order valence-corrected chi connectivity index (χ2v) is 4.61. The van der Waals surface area contributed by atoms with Crippen LogP contribution in [0.2, 0.25) is 0 Å². The molecule has 0 aromatic rings. The van der Waals surface area contributed by atoms with Gasteiger partial charge in [-0.05, 0) is 26.7 Å². The van der Waals surface area contributed by atoms with E-state index < -0.39 is 18.1 Å². The number of carbonyl (C=O) groups is 2.